The van der Waals surface area contributed by atoms with Crippen molar-refractivity contribution in [3.63, 3.8) is 0 Å². The molecule has 2 aliphatic rings. The van der Waals surface area contributed by atoms with E-state index in [1.165, 1.54) is 44.7 Å². The number of aryl methyl sites for hydroxylation is 2. The molecule has 0 amide bonds. The molecule has 4 rings (SSSR count). The summed E-state index contributed by atoms with van der Waals surface area (Å²) < 4.78 is 0. The number of fused-ring (bicyclic) bond motifs is 2. The van der Waals surface area contributed by atoms with E-state index in [1.54, 1.807) is 7.11 Å². The van der Waals surface area contributed by atoms with Gasteiger partial charge < -0.3 is 4.84 Å². The number of nitrogens with zero attached hydrogens (tertiary/aromatic N) is 1. The maximum Gasteiger partial charge on any atom is 0.114 e. The average Bonchev–Trinajstić information content (AvgIpc) is 3.37. The van der Waals surface area contributed by atoms with Crippen LogP contribution < -0.4 is 0 Å². The van der Waals surface area contributed by atoms with Crippen molar-refractivity contribution >= 4 is 28.7 Å². The van der Waals surface area contributed by atoms with Gasteiger partial charge in [-0.3, -0.25) is 0 Å². The Balaban J connectivity index is 0.000000807. The molecule has 2 nitrogen and oxygen atoms in total. The summed E-state index contributed by atoms with van der Waals surface area (Å²) >= 11 is 1.84. The molecule has 2 aromatic rings. The molecule has 0 bridgehead atoms. The largest absolute Gasteiger partial charge is 0.399 e. The normalized spacial score (nSPS) is 15.2. The zero-order valence-electron chi connectivity index (χ0n) is 20.0. The van der Waals surface area contributed by atoms with Gasteiger partial charge in [-0.25, -0.2) is 0 Å². The molecule has 0 unspecified atom stereocenters. The number of unbranched alkanes of at least 4 members (excludes halogenated alkanes) is 1. The third kappa shape index (κ3) is 6.07. The van der Waals surface area contributed by atoms with Crippen LogP contribution in [0.1, 0.15) is 80.5 Å². The number of oxime groups is 1. The van der Waals surface area contributed by atoms with Gasteiger partial charge in [0, 0.05) is 10.4 Å². The minimum Gasteiger partial charge on any atom is -0.399 e. The van der Waals surface area contributed by atoms with Gasteiger partial charge in [0.25, 0.3) is 0 Å². The van der Waals surface area contributed by atoms with Gasteiger partial charge in [0.1, 0.15) is 12.8 Å². The van der Waals surface area contributed by atoms with Crippen LogP contribution in [0.15, 0.2) is 58.6 Å². The zero-order chi connectivity index (χ0) is 22.6. The molecule has 0 fully saturated rings. The number of hydrogen-bond donors (Lipinski definition) is 0. The Morgan fingerprint density at radius 1 is 1.10 bits per heavy atom. The molecule has 0 radical (unpaired) electrons. The summed E-state index contributed by atoms with van der Waals surface area (Å²) in [4.78, 5) is 6.59. The van der Waals surface area contributed by atoms with E-state index in [0.29, 0.717) is 0 Å². The first-order valence-corrected chi connectivity index (χ1v) is 12.5. The summed E-state index contributed by atoms with van der Waals surface area (Å²) in [6.07, 6.45) is 14.6. The smallest absolute Gasteiger partial charge is 0.114 e. The topological polar surface area (TPSA) is 21.6 Å². The molecule has 1 aromatic heterocycles. The van der Waals surface area contributed by atoms with Gasteiger partial charge in [0.2, 0.25) is 0 Å². The summed E-state index contributed by atoms with van der Waals surface area (Å²) in [5.41, 5.74) is 8.85. The van der Waals surface area contributed by atoms with Crippen LogP contribution in [0.5, 0.6) is 0 Å². The second kappa shape index (κ2) is 13.1. The molecule has 0 N–H and O–H groups in total. The van der Waals surface area contributed by atoms with Crippen molar-refractivity contribution in [2.45, 2.75) is 66.7 Å². The van der Waals surface area contributed by atoms with Crippen molar-refractivity contribution < 1.29 is 4.84 Å². The van der Waals surface area contributed by atoms with Gasteiger partial charge in [-0.1, -0.05) is 69.3 Å². The third-order valence-electron chi connectivity index (χ3n) is 5.32. The van der Waals surface area contributed by atoms with Crippen molar-refractivity contribution in [3.8, 4) is 0 Å². The molecule has 166 valence electrons. The first-order chi connectivity index (χ1) is 15.3. The van der Waals surface area contributed by atoms with Crippen LogP contribution in [-0.2, 0) is 11.3 Å². The molecule has 2 aliphatic carbocycles. The average molecular weight is 436 g/mol. The van der Waals surface area contributed by atoms with Gasteiger partial charge in [-0.15, -0.1) is 11.3 Å². The Labute approximate surface area is 193 Å². The highest BCUT2D eigenvalue weighted by Gasteiger charge is 2.28. The standard InChI is InChI=1S/C24H25NOS.2C2H6/c1-17-19(14-15-27-17)9-5-3-4-8-18-12-13-21-20-10-6-7-11-22(20)24(25-26-2)23(21)16-18;2*1-2/h4,6,8,10,12-16H,3,5,7,9,11H2,1-2H3;2*1-2H3/b8-4+,25-24-;;. The van der Waals surface area contributed by atoms with Crippen molar-refractivity contribution in [2.75, 3.05) is 7.11 Å². The Hall–Kier alpha value is -2.39. The maximum absolute atomic E-state index is 5.14. The highest BCUT2D eigenvalue weighted by atomic mass is 32.1. The highest BCUT2D eigenvalue weighted by molar-refractivity contribution is 7.10. The van der Waals surface area contributed by atoms with Crippen LogP contribution in [0.25, 0.3) is 11.6 Å². The minimum absolute atomic E-state index is 1.01. The number of benzene rings is 1. The summed E-state index contributed by atoms with van der Waals surface area (Å²) in [6.45, 7) is 10.2. The molecule has 1 aromatic carbocycles. The van der Waals surface area contributed by atoms with Crippen molar-refractivity contribution in [1.29, 1.82) is 0 Å². The van der Waals surface area contributed by atoms with Gasteiger partial charge in [0.05, 0.1) is 0 Å². The number of hydrogen-bond acceptors (Lipinski definition) is 3. The molecule has 0 atom stereocenters. The summed E-state index contributed by atoms with van der Waals surface area (Å²) in [6, 6.07) is 8.94. The Bertz CT molecular complexity index is 959. The lowest BCUT2D eigenvalue weighted by molar-refractivity contribution is 0.214. The van der Waals surface area contributed by atoms with Crippen molar-refractivity contribution in [1.82, 2.24) is 0 Å². The summed E-state index contributed by atoms with van der Waals surface area (Å²) in [5, 5.41) is 6.53. The molecule has 1 heterocycles. The van der Waals surface area contributed by atoms with Gasteiger partial charge >= 0.3 is 0 Å². The summed E-state index contributed by atoms with van der Waals surface area (Å²) in [5.74, 6) is 0. The number of rotatable bonds is 6. The van der Waals surface area contributed by atoms with Crippen LogP contribution in [0.4, 0.5) is 0 Å². The Morgan fingerprint density at radius 2 is 1.90 bits per heavy atom. The molecule has 0 saturated heterocycles. The Morgan fingerprint density at radius 3 is 2.61 bits per heavy atom. The number of thiophene rings is 1. The van der Waals surface area contributed by atoms with Crippen LogP contribution in [-0.4, -0.2) is 12.8 Å². The predicted octanol–water partition coefficient (Wildman–Crippen LogP) is 8.61. The van der Waals surface area contributed by atoms with Gasteiger partial charge in [0.15, 0.2) is 0 Å². The highest BCUT2D eigenvalue weighted by Crippen LogP contribution is 2.39. The molecular formula is C28H37NOS. The van der Waals surface area contributed by atoms with E-state index in [4.69, 9.17) is 4.84 Å². The van der Waals surface area contributed by atoms with E-state index >= 15 is 0 Å². The SMILES string of the molecule is CC.CC.CO/N=C1/C2=C(C=CCC2)c2ccc(/C=C/CCCc3ccsc3C)cc21. The van der Waals surface area contributed by atoms with Crippen LogP contribution in [0.3, 0.4) is 0 Å². The van der Waals surface area contributed by atoms with Crippen LogP contribution >= 0.6 is 11.3 Å². The lowest BCUT2D eigenvalue weighted by Crippen LogP contribution is -2.03. The van der Waals surface area contributed by atoms with Crippen LogP contribution in [0, 0.1) is 6.92 Å². The van der Waals surface area contributed by atoms with Gasteiger partial charge in [-0.05, 0) is 84.4 Å². The molecule has 31 heavy (non-hydrogen) atoms. The van der Waals surface area contributed by atoms with E-state index in [1.807, 2.05) is 39.0 Å². The molecule has 3 heteroatoms. The second-order valence-electron chi connectivity index (χ2n) is 7.06. The summed E-state index contributed by atoms with van der Waals surface area (Å²) in [7, 11) is 1.63. The zero-order valence-corrected chi connectivity index (χ0v) is 20.8. The van der Waals surface area contributed by atoms with E-state index in [2.05, 4.69) is 66.0 Å². The second-order valence-corrected chi connectivity index (χ2v) is 8.18. The lowest BCUT2D eigenvalue weighted by Gasteiger charge is -2.08. The molecular weight excluding hydrogens is 398 g/mol. The fraction of sp³-hybridized carbons (Fsp3) is 0.393. The molecule has 0 aliphatic heterocycles. The molecule has 0 saturated carbocycles. The fourth-order valence-electron chi connectivity index (χ4n) is 3.92. The first-order valence-electron chi connectivity index (χ1n) is 11.6. The minimum atomic E-state index is 1.01. The first kappa shape index (κ1) is 24.9. The maximum atomic E-state index is 5.14. The van der Waals surface area contributed by atoms with Crippen LogP contribution in [0.2, 0.25) is 0 Å². The Kier molecular flexibility index (Phi) is 10.5. The molecule has 0 spiro atoms. The van der Waals surface area contributed by atoms with E-state index in [9.17, 15) is 0 Å². The van der Waals surface area contributed by atoms with Gasteiger partial charge in [-0.2, -0.15) is 0 Å². The van der Waals surface area contributed by atoms with E-state index < -0.39 is 0 Å². The fourth-order valence-corrected chi connectivity index (χ4v) is 4.68. The van der Waals surface area contributed by atoms with Crippen molar-refractivity contribution in [3.05, 3.63) is 80.6 Å². The third-order valence-corrected chi connectivity index (χ3v) is 6.21. The monoisotopic (exact) mass is 435 g/mol. The number of allylic oxidation sites excluding steroid dienone is 5. The lowest BCUT2D eigenvalue weighted by atomic mass is 9.97. The van der Waals surface area contributed by atoms with E-state index in [-0.39, 0.29) is 0 Å². The quantitative estimate of drug-likeness (QED) is 0.329. The van der Waals surface area contributed by atoms with Crippen molar-refractivity contribution in [2.24, 2.45) is 5.16 Å². The predicted molar refractivity (Wildman–Crippen MR) is 139 cm³/mol. The van der Waals surface area contributed by atoms with E-state index in [0.717, 1.165) is 31.4 Å².